The lowest BCUT2D eigenvalue weighted by atomic mass is 10.2. The maximum atomic E-state index is 12.4. The zero-order valence-corrected chi connectivity index (χ0v) is 18.2. The second-order valence-electron chi connectivity index (χ2n) is 6.02. The Bertz CT molecular complexity index is 964. The minimum absolute atomic E-state index is 0.182. The van der Waals surface area contributed by atoms with Crippen LogP contribution in [0.4, 0.5) is 0 Å². The quantitative estimate of drug-likeness (QED) is 0.402. The summed E-state index contributed by atoms with van der Waals surface area (Å²) < 4.78 is 21.5. The van der Waals surface area contributed by atoms with Crippen LogP contribution in [0.25, 0.3) is 0 Å². The van der Waals surface area contributed by atoms with E-state index >= 15 is 0 Å². The molecule has 2 rings (SSSR count). The Morgan fingerprint density at radius 3 is 2.42 bits per heavy atom. The van der Waals surface area contributed by atoms with E-state index in [1.54, 1.807) is 30.3 Å². The zero-order chi connectivity index (χ0) is 22.8. The van der Waals surface area contributed by atoms with Gasteiger partial charge in [-0.2, -0.15) is 5.10 Å². The SMILES string of the molecule is CCOc1ccc(C(=O)N/N=C/c2cc(Cl)c(OCC(N)=O)c(OC)c2)cc1OCC. The van der Waals surface area contributed by atoms with Crippen LogP contribution in [0.3, 0.4) is 0 Å². The number of nitrogens with zero attached hydrogens (tertiary/aromatic N) is 1. The van der Waals surface area contributed by atoms with E-state index in [-0.39, 0.29) is 23.1 Å². The number of benzene rings is 2. The highest BCUT2D eigenvalue weighted by Crippen LogP contribution is 2.36. The highest BCUT2D eigenvalue weighted by atomic mass is 35.5. The average molecular weight is 450 g/mol. The molecule has 0 fully saturated rings. The van der Waals surface area contributed by atoms with Gasteiger partial charge in [-0.05, 0) is 49.7 Å². The minimum Gasteiger partial charge on any atom is -0.493 e. The van der Waals surface area contributed by atoms with Crippen molar-refractivity contribution in [3.63, 3.8) is 0 Å². The van der Waals surface area contributed by atoms with E-state index in [1.807, 2.05) is 13.8 Å². The number of rotatable bonds is 11. The number of nitrogens with one attached hydrogen (secondary N) is 1. The Labute approximate surface area is 185 Å². The van der Waals surface area contributed by atoms with Crippen molar-refractivity contribution in [1.82, 2.24) is 5.43 Å². The molecule has 2 amide bonds. The van der Waals surface area contributed by atoms with Gasteiger partial charge in [-0.25, -0.2) is 5.43 Å². The number of ether oxygens (including phenoxy) is 4. The predicted octanol–water partition coefficient (Wildman–Crippen LogP) is 2.77. The molecular weight excluding hydrogens is 426 g/mol. The summed E-state index contributed by atoms with van der Waals surface area (Å²) in [7, 11) is 1.42. The summed E-state index contributed by atoms with van der Waals surface area (Å²) in [4.78, 5) is 23.3. The van der Waals surface area contributed by atoms with Crippen molar-refractivity contribution in [1.29, 1.82) is 0 Å². The van der Waals surface area contributed by atoms with Gasteiger partial charge in [0.25, 0.3) is 11.8 Å². The second-order valence-corrected chi connectivity index (χ2v) is 6.42. The number of hydrogen-bond donors (Lipinski definition) is 2. The molecule has 0 aromatic heterocycles. The van der Waals surface area contributed by atoms with Gasteiger partial charge in [-0.15, -0.1) is 0 Å². The molecule has 0 saturated carbocycles. The summed E-state index contributed by atoms with van der Waals surface area (Å²) in [6, 6.07) is 8.00. The molecule has 31 heavy (non-hydrogen) atoms. The Morgan fingerprint density at radius 2 is 1.77 bits per heavy atom. The minimum atomic E-state index is -0.645. The lowest BCUT2D eigenvalue weighted by Gasteiger charge is -2.12. The van der Waals surface area contributed by atoms with Crippen molar-refractivity contribution in [3.8, 4) is 23.0 Å². The molecular formula is C21H24ClN3O6. The normalized spacial score (nSPS) is 10.6. The van der Waals surface area contributed by atoms with E-state index in [9.17, 15) is 9.59 Å². The molecule has 0 radical (unpaired) electrons. The summed E-state index contributed by atoms with van der Waals surface area (Å²) in [6.45, 7) is 4.28. The van der Waals surface area contributed by atoms with Crippen molar-refractivity contribution in [2.45, 2.75) is 13.8 Å². The van der Waals surface area contributed by atoms with E-state index < -0.39 is 11.8 Å². The third kappa shape index (κ3) is 6.78. The number of nitrogens with two attached hydrogens (primary N) is 1. The average Bonchev–Trinajstić information content (AvgIpc) is 2.73. The first-order valence-electron chi connectivity index (χ1n) is 9.41. The number of halogens is 1. The molecule has 0 unspecified atom stereocenters. The lowest BCUT2D eigenvalue weighted by Crippen LogP contribution is -2.20. The summed E-state index contributed by atoms with van der Waals surface area (Å²) in [5.41, 5.74) is 8.41. The zero-order valence-electron chi connectivity index (χ0n) is 17.4. The molecule has 0 spiro atoms. The van der Waals surface area contributed by atoms with Crippen molar-refractivity contribution in [2.75, 3.05) is 26.9 Å². The van der Waals surface area contributed by atoms with Crippen molar-refractivity contribution in [3.05, 3.63) is 46.5 Å². The summed E-state index contributed by atoms with van der Waals surface area (Å²) in [5.74, 6) is 0.429. The van der Waals surface area contributed by atoms with Crippen LogP contribution in [0.15, 0.2) is 35.4 Å². The molecule has 0 heterocycles. The molecule has 3 N–H and O–H groups in total. The number of carbonyl (C=O) groups excluding carboxylic acids is 2. The van der Waals surface area contributed by atoms with E-state index in [0.29, 0.717) is 35.8 Å². The van der Waals surface area contributed by atoms with Crippen LogP contribution in [0.2, 0.25) is 5.02 Å². The van der Waals surface area contributed by atoms with Crippen LogP contribution in [0.5, 0.6) is 23.0 Å². The predicted molar refractivity (Wildman–Crippen MR) is 117 cm³/mol. The molecule has 0 atom stereocenters. The van der Waals surface area contributed by atoms with Crippen LogP contribution in [0.1, 0.15) is 29.8 Å². The molecule has 2 aromatic carbocycles. The molecule has 2 aromatic rings. The molecule has 0 aliphatic heterocycles. The molecule has 10 heteroatoms. The number of methoxy groups -OCH3 is 1. The van der Waals surface area contributed by atoms with Crippen LogP contribution in [-0.4, -0.2) is 45.0 Å². The number of amides is 2. The van der Waals surface area contributed by atoms with Gasteiger partial charge in [-0.3, -0.25) is 9.59 Å². The van der Waals surface area contributed by atoms with E-state index in [0.717, 1.165) is 0 Å². The van der Waals surface area contributed by atoms with Gasteiger partial charge in [0, 0.05) is 5.56 Å². The van der Waals surface area contributed by atoms with Crippen LogP contribution in [-0.2, 0) is 4.79 Å². The fraction of sp³-hybridized carbons (Fsp3) is 0.286. The van der Waals surface area contributed by atoms with Gasteiger partial charge in [0.2, 0.25) is 0 Å². The first-order valence-corrected chi connectivity index (χ1v) is 9.79. The second kappa shape index (κ2) is 11.7. The lowest BCUT2D eigenvalue weighted by molar-refractivity contribution is -0.119. The van der Waals surface area contributed by atoms with Gasteiger partial charge in [0.15, 0.2) is 29.6 Å². The van der Waals surface area contributed by atoms with Crippen molar-refractivity contribution < 1.29 is 28.5 Å². The van der Waals surface area contributed by atoms with Crippen LogP contribution < -0.4 is 30.1 Å². The number of primary amides is 1. The van der Waals surface area contributed by atoms with E-state index in [4.69, 9.17) is 36.3 Å². The van der Waals surface area contributed by atoms with Gasteiger partial charge >= 0.3 is 0 Å². The number of hydrogen-bond acceptors (Lipinski definition) is 7. The van der Waals surface area contributed by atoms with Gasteiger partial charge in [0.05, 0.1) is 31.6 Å². The molecule has 0 saturated heterocycles. The number of hydrazone groups is 1. The highest BCUT2D eigenvalue weighted by Gasteiger charge is 2.13. The van der Waals surface area contributed by atoms with Gasteiger partial charge < -0.3 is 24.7 Å². The Morgan fingerprint density at radius 1 is 1.06 bits per heavy atom. The third-order valence-electron chi connectivity index (χ3n) is 3.80. The Kier molecular flexibility index (Phi) is 8.95. The van der Waals surface area contributed by atoms with Crippen molar-refractivity contribution >= 4 is 29.6 Å². The van der Waals surface area contributed by atoms with Crippen molar-refractivity contribution in [2.24, 2.45) is 10.8 Å². The summed E-state index contributed by atoms with van der Waals surface area (Å²) in [5, 5.41) is 4.14. The largest absolute Gasteiger partial charge is 0.493 e. The van der Waals surface area contributed by atoms with Gasteiger partial charge in [0.1, 0.15) is 0 Å². The first kappa shape index (κ1) is 23.8. The molecule has 9 nitrogen and oxygen atoms in total. The highest BCUT2D eigenvalue weighted by molar-refractivity contribution is 6.32. The smallest absolute Gasteiger partial charge is 0.271 e. The van der Waals surface area contributed by atoms with Gasteiger partial charge in [-0.1, -0.05) is 11.6 Å². The fourth-order valence-corrected chi connectivity index (χ4v) is 2.79. The molecule has 166 valence electrons. The summed E-state index contributed by atoms with van der Waals surface area (Å²) >= 11 is 6.19. The maximum absolute atomic E-state index is 12.4. The third-order valence-corrected chi connectivity index (χ3v) is 4.08. The number of carbonyl (C=O) groups is 2. The van der Waals surface area contributed by atoms with Crippen LogP contribution >= 0.6 is 11.6 Å². The summed E-state index contributed by atoms with van der Waals surface area (Å²) in [6.07, 6.45) is 1.39. The molecule has 0 aliphatic carbocycles. The first-order chi connectivity index (χ1) is 14.9. The topological polar surface area (TPSA) is 121 Å². The fourth-order valence-electron chi connectivity index (χ4n) is 2.52. The monoisotopic (exact) mass is 449 g/mol. The maximum Gasteiger partial charge on any atom is 0.271 e. The Balaban J connectivity index is 2.12. The standard InChI is InChI=1S/C21H24ClN3O6/c1-4-29-16-7-6-14(10-17(16)30-5-2)21(27)25-24-11-13-8-15(22)20(18(9-13)28-3)31-12-19(23)26/h6-11H,4-5,12H2,1-3H3,(H2,23,26)(H,25,27)/b24-11+. The Hall–Kier alpha value is -3.46. The molecule has 0 aliphatic rings. The van der Waals surface area contributed by atoms with E-state index in [1.165, 1.54) is 13.3 Å². The van der Waals surface area contributed by atoms with Crippen LogP contribution in [0, 0.1) is 0 Å². The van der Waals surface area contributed by atoms with E-state index in [2.05, 4.69) is 10.5 Å². The molecule has 0 bridgehead atoms.